The molecule has 20 heavy (non-hydrogen) atoms. The molecule has 0 aromatic heterocycles. The number of ether oxygens (including phenoxy) is 2. The van der Waals surface area contributed by atoms with Crippen LogP contribution >= 0.6 is 0 Å². The van der Waals surface area contributed by atoms with Crippen LogP contribution < -0.4 is 0 Å². The number of aliphatic hydroxyl groups excluding tert-OH is 2. The molecule has 122 valence electrons. The van der Waals surface area contributed by atoms with Crippen LogP contribution in [0, 0.1) is 0 Å². The maximum absolute atomic E-state index is 9.18. The Morgan fingerprint density at radius 2 is 1.40 bits per heavy atom. The van der Waals surface area contributed by atoms with Crippen LogP contribution in [-0.2, 0) is 9.47 Å². The second-order valence-corrected chi connectivity index (χ2v) is 5.35. The highest BCUT2D eigenvalue weighted by Gasteiger charge is 2.01. The Hall–Kier alpha value is -0.160. The van der Waals surface area contributed by atoms with E-state index in [1.54, 1.807) is 0 Å². The molecule has 0 amide bonds. The fraction of sp³-hybridized carbons (Fsp3) is 1.00. The average molecular weight is 290 g/mol. The molecule has 0 bridgehead atoms. The van der Waals surface area contributed by atoms with Gasteiger partial charge in [-0.15, -0.1) is 0 Å². The summed E-state index contributed by atoms with van der Waals surface area (Å²) >= 11 is 0. The largest absolute Gasteiger partial charge is 0.394 e. The number of hydrogen-bond donors (Lipinski definition) is 2. The Morgan fingerprint density at radius 1 is 0.850 bits per heavy atom. The molecule has 0 heterocycles. The fourth-order valence-electron chi connectivity index (χ4n) is 2.17. The second-order valence-electron chi connectivity index (χ2n) is 5.35. The lowest BCUT2D eigenvalue weighted by Crippen LogP contribution is -2.13. The van der Waals surface area contributed by atoms with Gasteiger partial charge in [-0.25, -0.2) is 0 Å². The van der Waals surface area contributed by atoms with E-state index in [0.29, 0.717) is 6.61 Å². The van der Waals surface area contributed by atoms with Crippen LogP contribution in [0.4, 0.5) is 0 Å². The molecule has 0 radical (unpaired) electrons. The molecule has 0 aromatic rings. The molecule has 2 atom stereocenters. The lowest BCUT2D eigenvalue weighted by Gasteiger charge is -2.12. The van der Waals surface area contributed by atoms with Gasteiger partial charge in [0.05, 0.1) is 12.7 Å². The van der Waals surface area contributed by atoms with Gasteiger partial charge in [0.2, 0.25) is 0 Å². The summed E-state index contributed by atoms with van der Waals surface area (Å²) in [5, 5.41) is 17.9. The van der Waals surface area contributed by atoms with Crippen molar-refractivity contribution >= 4 is 0 Å². The van der Waals surface area contributed by atoms with Gasteiger partial charge < -0.3 is 19.7 Å². The van der Waals surface area contributed by atoms with Gasteiger partial charge >= 0.3 is 0 Å². The molecular weight excluding hydrogens is 256 g/mol. The minimum Gasteiger partial charge on any atom is -0.394 e. The molecule has 4 heteroatoms. The molecule has 0 aliphatic rings. The van der Waals surface area contributed by atoms with E-state index >= 15 is 0 Å². The van der Waals surface area contributed by atoms with Crippen molar-refractivity contribution in [2.45, 2.75) is 84.0 Å². The summed E-state index contributed by atoms with van der Waals surface area (Å²) in [4.78, 5) is 0. The van der Waals surface area contributed by atoms with Crippen LogP contribution in [0.5, 0.6) is 0 Å². The SMILES string of the molecule is CCOC(C)OCCCCCCCCCC[C@H](O)CO. The molecule has 1 unspecified atom stereocenters. The van der Waals surface area contributed by atoms with E-state index in [0.717, 1.165) is 32.3 Å². The summed E-state index contributed by atoms with van der Waals surface area (Å²) in [5.74, 6) is 0. The van der Waals surface area contributed by atoms with Gasteiger partial charge in [0.1, 0.15) is 0 Å². The van der Waals surface area contributed by atoms with Crippen molar-refractivity contribution < 1.29 is 19.7 Å². The van der Waals surface area contributed by atoms with Crippen molar-refractivity contribution in [1.29, 1.82) is 0 Å². The number of aliphatic hydroxyl groups is 2. The molecule has 0 aliphatic carbocycles. The van der Waals surface area contributed by atoms with Crippen molar-refractivity contribution in [2.75, 3.05) is 19.8 Å². The van der Waals surface area contributed by atoms with Gasteiger partial charge in [0.15, 0.2) is 6.29 Å². The van der Waals surface area contributed by atoms with E-state index in [2.05, 4.69) is 0 Å². The molecular formula is C16H34O4. The molecule has 2 N–H and O–H groups in total. The van der Waals surface area contributed by atoms with Crippen molar-refractivity contribution in [1.82, 2.24) is 0 Å². The molecule has 0 saturated heterocycles. The van der Waals surface area contributed by atoms with E-state index in [4.69, 9.17) is 14.6 Å². The van der Waals surface area contributed by atoms with Crippen LogP contribution in [0.15, 0.2) is 0 Å². The molecule has 0 fully saturated rings. The van der Waals surface area contributed by atoms with E-state index < -0.39 is 6.10 Å². The quantitative estimate of drug-likeness (QED) is 0.359. The Labute approximate surface area is 124 Å². The number of hydrogen-bond acceptors (Lipinski definition) is 4. The standard InChI is InChI=1S/C16H34O4/c1-3-19-15(2)20-13-11-9-7-5-4-6-8-10-12-16(18)14-17/h15-18H,3-14H2,1-2H3/t15?,16-/m0/s1. The predicted molar refractivity (Wildman–Crippen MR) is 81.7 cm³/mol. The van der Waals surface area contributed by atoms with E-state index in [1.165, 1.54) is 32.1 Å². The number of rotatable bonds is 15. The first-order valence-corrected chi connectivity index (χ1v) is 8.22. The van der Waals surface area contributed by atoms with Crippen molar-refractivity contribution in [2.24, 2.45) is 0 Å². The van der Waals surface area contributed by atoms with Crippen LogP contribution in [0.1, 0.15) is 71.6 Å². The molecule has 0 spiro atoms. The summed E-state index contributed by atoms with van der Waals surface area (Å²) in [6.07, 6.45) is 9.70. The number of unbranched alkanes of at least 4 members (excludes halogenated alkanes) is 7. The normalized spacial score (nSPS) is 14.4. The van der Waals surface area contributed by atoms with E-state index in [-0.39, 0.29) is 12.9 Å². The predicted octanol–water partition coefficient (Wildman–Crippen LogP) is 3.25. The Bertz CT molecular complexity index is 187. The van der Waals surface area contributed by atoms with E-state index in [1.807, 2.05) is 13.8 Å². The van der Waals surface area contributed by atoms with Crippen LogP contribution in [0.2, 0.25) is 0 Å². The van der Waals surface area contributed by atoms with Crippen molar-refractivity contribution in [3.8, 4) is 0 Å². The molecule has 0 aromatic carbocycles. The monoisotopic (exact) mass is 290 g/mol. The molecule has 4 nitrogen and oxygen atoms in total. The minimum atomic E-state index is -0.519. The van der Waals surface area contributed by atoms with Gasteiger partial charge in [-0.1, -0.05) is 44.9 Å². The highest BCUT2D eigenvalue weighted by atomic mass is 16.7. The zero-order valence-electron chi connectivity index (χ0n) is 13.4. The fourth-order valence-corrected chi connectivity index (χ4v) is 2.17. The third kappa shape index (κ3) is 14.3. The summed E-state index contributed by atoms with van der Waals surface area (Å²) in [5.41, 5.74) is 0. The molecule has 0 aliphatic heterocycles. The van der Waals surface area contributed by atoms with Crippen LogP contribution in [-0.4, -0.2) is 42.4 Å². The smallest absolute Gasteiger partial charge is 0.154 e. The summed E-state index contributed by atoms with van der Waals surface area (Å²) in [6.45, 7) is 5.31. The first-order chi connectivity index (χ1) is 9.70. The Kier molecular flexibility index (Phi) is 15.1. The van der Waals surface area contributed by atoms with Crippen LogP contribution in [0.3, 0.4) is 0 Å². The van der Waals surface area contributed by atoms with Gasteiger partial charge in [0, 0.05) is 13.2 Å². The lowest BCUT2D eigenvalue weighted by atomic mass is 10.1. The Balaban J connectivity index is 3.06. The van der Waals surface area contributed by atoms with Gasteiger partial charge in [-0.3, -0.25) is 0 Å². The average Bonchev–Trinajstić information content (AvgIpc) is 2.44. The second kappa shape index (κ2) is 15.2. The van der Waals surface area contributed by atoms with E-state index in [9.17, 15) is 5.11 Å². The Morgan fingerprint density at radius 3 is 1.95 bits per heavy atom. The van der Waals surface area contributed by atoms with Gasteiger partial charge in [0.25, 0.3) is 0 Å². The summed E-state index contributed by atoms with van der Waals surface area (Å²) in [7, 11) is 0. The first kappa shape index (κ1) is 19.8. The third-order valence-corrected chi connectivity index (χ3v) is 3.40. The zero-order chi connectivity index (χ0) is 15.1. The van der Waals surface area contributed by atoms with Crippen LogP contribution in [0.25, 0.3) is 0 Å². The highest BCUT2D eigenvalue weighted by molar-refractivity contribution is 4.53. The molecule has 0 saturated carbocycles. The summed E-state index contributed by atoms with van der Waals surface area (Å²) in [6, 6.07) is 0. The third-order valence-electron chi connectivity index (χ3n) is 3.40. The van der Waals surface area contributed by atoms with Gasteiger partial charge in [-0.05, 0) is 26.7 Å². The topological polar surface area (TPSA) is 58.9 Å². The maximum atomic E-state index is 9.18. The lowest BCUT2D eigenvalue weighted by molar-refractivity contribution is -0.127. The zero-order valence-corrected chi connectivity index (χ0v) is 13.4. The van der Waals surface area contributed by atoms with Crippen molar-refractivity contribution in [3.05, 3.63) is 0 Å². The van der Waals surface area contributed by atoms with Gasteiger partial charge in [-0.2, -0.15) is 0 Å². The summed E-state index contributed by atoms with van der Waals surface area (Å²) < 4.78 is 10.8. The minimum absolute atomic E-state index is 0.0747. The highest BCUT2D eigenvalue weighted by Crippen LogP contribution is 2.11. The maximum Gasteiger partial charge on any atom is 0.154 e. The first-order valence-electron chi connectivity index (χ1n) is 8.22. The molecule has 0 rings (SSSR count). The van der Waals surface area contributed by atoms with Crippen molar-refractivity contribution in [3.63, 3.8) is 0 Å².